The lowest BCUT2D eigenvalue weighted by atomic mass is 10.1. The highest BCUT2D eigenvalue weighted by Crippen LogP contribution is 2.12. The Morgan fingerprint density at radius 2 is 1.92 bits per heavy atom. The van der Waals surface area contributed by atoms with E-state index in [0.29, 0.717) is 24.7 Å². The van der Waals surface area contributed by atoms with Crippen LogP contribution < -0.4 is 15.4 Å². The van der Waals surface area contributed by atoms with E-state index in [1.54, 1.807) is 13.2 Å². The predicted octanol–water partition coefficient (Wildman–Crippen LogP) is 2.98. The molecule has 0 spiro atoms. The van der Waals surface area contributed by atoms with E-state index in [9.17, 15) is 4.79 Å². The van der Waals surface area contributed by atoms with Crippen LogP contribution in [-0.4, -0.2) is 36.1 Å². The van der Waals surface area contributed by atoms with Crippen molar-refractivity contribution in [2.75, 3.05) is 25.5 Å². The number of amides is 1. The van der Waals surface area contributed by atoms with Crippen molar-refractivity contribution in [3.8, 4) is 5.75 Å². The van der Waals surface area contributed by atoms with Gasteiger partial charge in [0.25, 0.3) is 5.91 Å². The first kappa shape index (κ1) is 18.7. The molecule has 0 atom stereocenters. The largest absolute Gasteiger partial charge is 0.497 e. The van der Waals surface area contributed by atoms with E-state index in [4.69, 9.17) is 4.74 Å². The van der Waals surface area contributed by atoms with E-state index in [-0.39, 0.29) is 5.91 Å². The zero-order valence-electron chi connectivity index (χ0n) is 15.1. The van der Waals surface area contributed by atoms with Gasteiger partial charge in [-0.1, -0.05) is 25.5 Å². The van der Waals surface area contributed by atoms with Gasteiger partial charge in [-0.3, -0.25) is 4.79 Å². The molecule has 2 rings (SSSR count). The number of benzene rings is 1. The van der Waals surface area contributed by atoms with Gasteiger partial charge in [-0.25, -0.2) is 9.97 Å². The Kier molecular flexibility index (Phi) is 7.19. The summed E-state index contributed by atoms with van der Waals surface area (Å²) in [5.41, 5.74) is 2.36. The van der Waals surface area contributed by atoms with Crippen LogP contribution >= 0.6 is 0 Å². The van der Waals surface area contributed by atoms with E-state index in [1.165, 1.54) is 5.56 Å². The van der Waals surface area contributed by atoms with Gasteiger partial charge in [0.2, 0.25) is 5.95 Å². The Bertz CT molecular complexity index is 686. The van der Waals surface area contributed by atoms with Gasteiger partial charge in [-0.15, -0.1) is 0 Å². The molecule has 1 aromatic heterocycles. The van der Waals surface area contributed by atoms with Crippen molar-refractivity contribution in [3.63, 3.8) is 0 Å². The van der Waals surface area contributed by atoms with Gasteiger partial charge < -0.3 is 15.4 Å². The van der Waals surface area contributed by atoms with Gasteiger partial charge in [-0.2, -0.15) is 0 Å². The first-order chi connectivity index (χ1) is 12.1. The summed E-state index contributed by atoms with van der Waals surface area (Å²) in [6.45, 7) is 5.30. The molecule has 2 N–H and O–H groups in total. The zero-order chi connectivity index (χ0) is 18.1. The molecule has 0 saturated carbocycles. The van der Waals surface area contributed by atoms with Gasteiger partial charge in [0.15, 0.2) is 0 Å². The van der Waals surface area contributed by atoms with Crippen LogP contribution in [0.3, 0.4) is 0 Å². The number of hydrogen-bond donors (Lipinski definition) is 2. The average Bonchev–Trinajstić information content (AvgIpc) is 2.62. The molecule has 1 aromatic carbocycles. The molecule has 1 amide bonds. The Morgan fingerprint density at radius 3 is 2.60 bits per heavy atom. The van der Waals surface area contributed by atoms with Gasteiger partial charge in [0, 0.05) is 18.8 Å². The third-order valence-corrected chi connectivity index (χ3v) is 3.76. The third kappa shape index (κ3) is 6.06. The van der Waals surface area contributed by atoms with Gasteiger partial charge >= 0.3 is 0 Å². The van der Waals surface area contributed by atoms with Crippen LogP contribution in [-0.2, 0) is 6.42 Å². The minimum Gasteiger partial charge on any atom is -0.497 e. The predicted molar refractivity (Wildman–Crippen MR) is 99.2 cm³/mol. The number of hydrogen-bond acceptors (Lipinski definition) is 5. The van der Waals surface area contributed by atoms with Gasteiger partial charge in [0.1, 0.15) is 11.4 Å². The summed E-state index contributed by atoms with van der Waals surface area (Å²) in [5.74, 6) is 1.17. The Labute approximate surface area is 149 Å². The summed E-state index contributed by atoms with van der Waals surface area (Å²) in [4.78, 5) is 20.8. The lowest BCUT2D eigenvalue weighted by Crippen LogP contribution is -2.26. The highest BCUT2D eigenvalue weighted by molar-refractivity contribution is 5.92. The number of aryl methyl sites for hydroxylation is 1. The van der Waals surface area contributed by atoms with Crippen LogP contribution in [0.15, 0.2) is 30.3 Å². The van der Waals surface area contributed by atoms with Crippen LogP contribution in [0.25, 0.3) is 0 Å². The number of methoxy groups -OCH3 is 1. The van der Waals surface area contributed by atoms with Crippen LogP contribution in [0.5, 0.6) is 5.75 Å². The molecule has 0 bridgehead atoms. The molecule has 134 valence electrons. The molecule has 6 heteroatoms. The summed E-state index contributed by atoms with van der Waals surface area (Å²) < 4.78 is 5.15. The average molecular weight is 342 g/mol. The quantitative estimate of drug-likeness (QED) is 0.685. The standard InChI is InChI=1S/C19H26N4O2/c1-4-5-11-20-18(24)17-13-14(2)22-19(23-17)21-12-10-15-6-8-16(25-3)9-7-15/h6-9,13H,4-5,10-12H2,1-3H3,(H,20,24)(H,21,22,23). The molecule has 0 saturated heterocycles. The van der Waals surface area contributed by atoms with E-state index in [2.05, 4.69) is 27.5 Å². The minimum absolute atomic E-state index is 0.155. The summed E-state index contributed by atoms with van der Waals surface area (Å²) >= 11 is 0. The minimum atomic E-state index is -0.155. The number of carbonyl (C=O) groups is 1. The van der Waals surface area contributed by atoms with Crippen molar-refractivity contribution in [1.82, 2.24) is 15.3 Å². The fourth-order valence-corrected chi connectivity index (χ4v) is 2.34. The summed E-state index contributed by atoms with van der Waals surface area (Å²) in [7, 11) is 1.65. The number of carbonyl (C=O) groups excluding carboxylic acids is 1. The van der Waals surface area contributed by atoms with Crippen LogP contribution in [0.4, 0.5) is 5.95 Å². The van der Waals surface area contributed by atoms with Crippen molar-refractivity contribution in [3.05, 3.63) is 47.3 Å². The maximum absolute atomic E-state index is 12.1. The Morgan fingerprint density at radius 1 is 1.16 bits per heavy atom. The smallest absolute Gasteiger partial charge is 0.270 e. The van der Waals surface area contributed by atoms with Crippen LogP contribution in [0, 0.1) is 6.92 Å². The van der Waals surface area contributed by atoms with E-state index in [1.807, 2.05) is 31.2 Å². The number of nitrogens with zero attached hydrogens (tertiary/aromatic N) is 2. The molecule has 0 aliphatic heterocycles. The number of anilines is 1. The molecule has 6 nitrogen and oxygen atoms in total. The SMILES string of the molecule is CCCCNC(=O)c1cc(C)nc(NCCc2ccc(OC)cc2)n1. The van der Waals surface area contributed by atoms with Crippen molar-refractivity contribution in [2.24, 2.45) is 0 Å². The summed E-state index contributed by atoms with van der Waals surface area (Å²) in [6.07, 6.45) is 2.84. The van der Waals surface area contributed by atoms with E-state index >= 15 is 0 Å². The molecule has 0 radical (unpaired) electrons. The third-order valence-electron chi connectivity index (χ3n) is 3.76. The van der Waals surface area contributed by atoms with Crippen LogP contribution in [0.2, 0.25) is 0 Å². The second-order valence-electron chi connectivity index (χ2n) is 5.85. The topological polar surface area (TPSA) is 76.1 Å². The number of rotatable bonds is 9. The molecular formula is C19H26N4O2. The molecule has 1 heterocycles. The maximum Gasteiger partial charge on any atom is 0.270 e. The van der Waals surface area contributed by atoms with E-state index < -0.39 is 0 Å². The molecular weight excluding hydrogens is 316 g/mol. The molecule has 0 aliphatic rings. The van der Waals surface area contributed by atoms with Gasteiger partial charge in [-0.05, 0) is 43.5 Å². The van der Waals surface area contributed by atoms with Crippen molar-refractivity contribution < 1.29 is 9.53 Å². The summed E-state index contributed by atoms with van der Waals surface area (Å²) in [6, 6.07) is 9.65. The van der Waals surface area contributed by atoms with Crippen molar-refractivity contribution in [2.45, 2.75) is 33.1 Å². The number of unbranched alkanes of at least 4 members (excludes halogenated alkanes) is 1. The fraction of sp³-hybridized carbons (Fsp3) is 0.421. The number of aromatic nitrogens is 2. The molecule has 2 aromatic rings. The second kappa shape index (κ2) is 9.61. The van der Waals surface area contributed by atoms with Crippen LogP contribution in [0.1, 0.15) is 41.5 Å². The molecule has 0 unspecified atom stereocenters. The first-order valence-corrected chi connectivity index (χ1v) is 8.63. The second-order valence-corrected chi connectivity index (χ2v) is 5.85. The summed E-state index contributed by atoms with van der Waals surface area (Å²) in [5, 5.41) is 6.07. The highest BCUT2D eigenvalue weighted by atomic mass is 16.5. The molecule has 0 fully saturated rings. The van der Waals surface area contributed by atoms with Crippen molar-refractivity contribution in [1.29, 1.82) is 0 Å². The fourth-order valence-electron chi connectivity index (χ4n) is 2.34. The number of nitrogens with one attached hydrogen (secondary N) is 2. The van der Waals surface area contributed by atoms with Crippen molar-refractivity contribution >= 4 is 11.9 Å². The lowest BCUT2D eigenvalue weighted by molar-refractivity contribution is 0.0948. The Balaban J connectivity index is 1.91. The monoisotopic (exact) mass is 342 g/mol. The highest BCUT2D eigenvalue weighted by Gasteiger charge is 2.10. The zero-order valence-corrected chi connectivity index (χ0v) is 15.1. The number of ether oxygens (including phenoxy) is 1. The van der Waals surface area contributed by atoms with E-state index in [0.717, 1.165) is 30.7 Å². The lowest BCUT2D eigenvalue weighted by Gasteiger charge is -2.09. The first-order valence-electron chi connectivity index (χ1n) is 8.63. The normalized spacial score (nSPS) is 10.4. The molecule has 25 heavy (non-hydrogen) atoms. The maximum atomic E-state index is 12.1. The Hall–Kier alpha value is -2.63. The van der Waals surface area contributed by atoms with Gasteiger partial charge in [0.05, 0.1) is 7.11 Å². The molecule has 0 aliphatic carbocycles.